The summed E-state index contributed by atoms with van der Waals surface area (Å²) in [4.78, 5) is 4.43. The Hall–Kier alpha value is -1.83. The maximum Gasteiger partial charge on any atom is 0.119 e. The molecule has 0 aliphatic heterocycles. The number of benzene rings is 1. The molecule has 1 heterocycles. The lowest BCUT2D eigenvalue weighted by Crippen LogP contribution is -1.94. The highest BCUT2D eigenvalue weighted by molar-refractivity contribution is 5.64. The summed E-state index contributed by atoms with van der Waals surface area (Å²) in [6, 6.07) is 12.2. The number of pyridine rings is 1. The van der Waals surface area contributed by atoms with Crippen LogP contribution < -0.4 is 4.74 Å². The van der Waals surface area contributed by atoms with E-state index in [-0.39, 0.29) is 0 Å². The first-order valence-electron chi connectivity index (χ1n) is 6.43. The van der Waals surface area contributed by atoms with Crippen LogP contribution >= 0.6 is 0 Å². The number of rotatable bonds is 5. The Morgan fingerprint density at radius 3 is 2.72 bits per heavy atom. The van der Waals surface area contributed by atoms with Gasteiger partial charge in [0.15, 0.2) is 0 Å². The average Bonchev–Trinajstić information content (AvgIpc) is 2.45. The van der Waals surface area contributed by atoms with Crippen molar-refractivity contribution >= 4 is 0 Å². The second-order valence-corrected chi connectivity index (χ2v) is 4.34. The molecular formula is C16H19NO. The molecule has 0 aliphatic rings. The Balaban J connectivity index is 2.39. The average molecular weight is 241 g/mol. The van der Waals surface area contributed by atoms with Gasteiger partial charge in [-0.15, -0.1) is 0 Å². The monoisotopic (exact) mass is 241 g/mol. The number of unbranched alkanes of at least 4 members (excludes halogenated alkanes) is 1. The van der Waals surface area contributed by atoms with Crippen molar-refractivity contribution in [3.05, 3.63) is 48.2 Å². The van der Waals surface area contributed by atoms with Crippen LogP contribution in [0, 0.1) is 0 Å². The van der Waals surface area contributed by atoms with E-state index in [9.17, 15) is 0 Å². The Morgan fingerprint density at radius 2 is 2.06 bits per heavy atom. The van der Waals surface area contributed by atoms with Crippen molar-refractivity contribution in [1.82, 2.24) is 4.98 Å². The largest absolute Gasteiger partial charge is 0.497 e. The first-order chi connectivity index (χ1) is 8.85. The molecule has 0 saturated carbocycles. The van der Waals surface area contributed by atoms with E-state index in [1.165, 1.54) is 24.0 Å². The van der Waals surface area contributed by atoms with Crippen LogP contribution in [-0.4, -0.2) is 12.1 Å². The molecule has 0 amide bonds. The molecule has 2 aromatic rings. The lowest BCUT2D eigenvalue weighted by atomic mass is 9.99. The zero-order valence-corrected chi connectivity index (χ0v) is 11.0. The molecule has 1 aromatic carbocycles. The standard InChI is InChI=1S/C16H19NO/c1-3-4-7-13-12-14(18-2)9-10-15(13)16-8-5-6-11-17-16/h5-6,8-12H,3-4,7H2,1-2H3. The van der Waals surface area contributed by atoms with Crippen LogP contribution in [0.1, 0.15) is 25.3 Å². The van der Waals surface area contributed by atoms with Crippen LogP contribution in [0.25, 0.3) is 11.3 Å². The Labute approximate surface area is 109 Å². The number of hydrogen-bond donors (Lipinski definition) is 0. The first-order valence-corrected chi connectivity index (χ1v) is 6.43. The van der Waals surface area contributed by atoms with Crippen LogP contribution in [0.3, 0.4) is 0 Å². The summed E-state index contributed by atoms with van der Waals surface area (Å²) < 4.78 is 5.31. The van der Waals surface area contributed by atoms with Crippen molar-refractivity contribution < 1.29 is 4.74 Å². The second-order valence-electron chi connectivity index (χ2n) is 4.34. The normalized spacial score (nSPS) is 10.3. The van der Waals surface area contributed by atoms with Gasteiger partial charge in [0.2, 0.25) is 0 Å². The third-order valence-electron chi connectivity index (χ3n) is 3.05. The van der Waals surface area contributed by atoms with Crippen LogP contribution in [-0.2, 0) is 6.42 Å². The topological polar surface area (TPSA) is 22.1 Å². The van der Waals surface area contributed by atoms with Crippen molar-refractivity contribution in [2.75, 3.05) is 7.11 Å². The van der Waals surface area contributed by atoms with Gasteiger partial charge >= 0.3 is 0 Å². The quantitative estimate of drug-likeness (QED) is 0.786. The number of ether oxygens (including phenoxy) is 1. The molecule has 0 fully saturated rings. The van der Waals surface area contributed by atoms with Crippen LogP contribution in [0.5, 0.6) is 5.75 Å². The molecule has 0 bridgehead atoms. The Morgan fingerprint density at radius 1 is 1.17 bits per heavy atom. The van der Waals surface area contributed by atoms with Crippen LogP contribution in [0.2, 0.25) is 0 Å². The predicted octanol–water partition coefficient (Wildman–Crippen LogP) is 4.10. The summed E-state index contributed by atoms with van der Waals surface area (Å²) >= 11 is 0. The lowest BCUT2D eigenvalue weighted by molar-refractivity contribution is 0.414. The number of nitrogens with zero attached hydrogens (tertiary/aromatic N) is 1. The summed E-state index contributed by atoms with van der Waals surface area (Å²) in [5.74, 6) is 0.917. The maximum absolute atomic E-state index is 5.31. The van der Waals surface area contributed by atoms with Gasteiger partial charge in [0, 0.05) is 11.8 Å². The Bertz CT molecular complexity index is 494. The van der Waals surface area contributed by atoms with E-state index >= 15 is 0 Å². The zero-order chi connectivity index (χ0) is 12.8. The minimum absolute atomic E-state index is 0.917. The third kappa shape index (κ3) is 2.89. The zero-order valence-electron chi connectivity index (χ0n) is 11.0. The summed E-state index contributed by atoms with van der Waals surface area (Å²) in [5.41, 5.74) is 3.56. The number of aromatic nitrogens is 1. The molecule has 94 valence electrons. The van der Waals surface area contributed by atoms with Gasteiger partial charge in [-0.2, -0.15) is 0 Å². The van der Waals surface area contributed by atoms with Gasteiger partial charge in [0.1, 0.15) is 5.75 Å². The van der Waals surface area contributed by atoms with E-state index in [1.807, 2.05) is 24.4 Å². The Kier molecular flexibility index (Phi) is 4.35. The predicted molar refractivity (Wildman–Crippen MR) is 74.8 cm³/mol. The maximum atomic E-state index is 5.31. The van der Waals surface area contributed by atoms with Gasteiger partial charge in [0.25, 0.3) is 0 Å². The van der Waals surface area contributed by atoms with Crippen molar-refractivity contribution in [3.8, 4) is 17.0 Å². The smallest absolute Gasteiger partial charge is 0.119 e. The third-order valence-corrected chi connectivity index (χ3v) is 3.05. The molecule has 1 aromatic heterocycles. The minimum Gasteiger partial charge on any atom is -0.497 e. The van der Waals surface area contributed by atoms with Crippen molar-refractivity contribution in [1.29, 1.82) is 0 Å². The van der Waals surface area contributed by atoms with Crippen molar-refractivity contribution in [3.63, 3.8) is 0 Å². The number of hydrogen-bond acceptors (Lipinski definition) is 2. The summed E-state index contributed by atoms with van der Waals surface area (Å²) in [6.45, 7) is 2.21. The van der Waals surface area contributed by atoms with Gasteiger partial charge in [-0.05, 0) is 48.7 Å². The van der Waals surface area contributed by atoms with E-state index < -0.39 is 0 Å². The molecule has 2 rings (SSSR count). The van der Waals surface area contributed by atoms with Gasteiger partial charge in [-0.25, -0.2) is 0 Å². The molecule has 18 heavy (non-hydrogen) atoms. The first kappa shape index (κ1) is 12.6. The van der Waals surface area contributed by atoms with Gasteiger partial charge in [-0.1, -0.05) is 19.4 Å². The van der Waals surface area contributed by atoms with Crippen LogP contribution in [0.15, 0.2) is 42.6 Å². The highest BCUT2D eigenvalue weighted by Gasteiger charge is 2.07. The SMILES string of the molecule is CCCCc1cc(OC)ccc1-c1ccccn1. The molecular weight excluding hydrogens is 222 g/mol. The summed E-state index contributed by atoms with van der Waals surface area (Å²) in [5, 5.41) is 0. The fraction of sp³-hybridized carbons (Fsp3) is 0.312. The summed E-state index contributed by atoms with van der Waals surface area (Å²) in [6.07, 6.45) is 5.29. The number of aryl methyl sites for hydroxylation is 1. The van der Waals surface area contributed by atoms with Crippen LogP contribution in [0.4, 0.5) is 0 Å². The van der Waals surface area contributed by atoms with Gasteiger partial charge in [-0.3, -0.25) is 4.98 Å². The fourth-order valence-electron chi connectivity index (χ4n) is 2.04. The van der Waals surface area contributed by atoms with Gasteiger partial charge < -0.3 is 4.74 Å². The van der Waals surface area contributed by atoms with E-state index in [1.54, 1.807) is 7.11 Å². The molecule has 0 unspecified atom stereocenters. The van der Waals surface area contributed by atoms with E-state index in [4.69, 9.17) is 4.74 Å². The fourth-order valence-corrected chi connectivity index (χ4v) is 2.04. The minimum atomic E-state index is 0.917. The molecule has 2 heteroatoms. The molecule has 2 nitrogen and oxygen atoms in total. The highest BCUT2D eigenvalue weighted by atomic mass is 16.5. The molecule has 0 atom stereocenters. The van der Waals surface area contributed by atoms with Gasteiger partial charge in [0.05, 0.1) is 12.8 Å². The lowest BCUT2D eigenvalue weighted by Gasteiger charge is -2.10. The van der Waals surface area contributed by atoms with Crippen molar-refractivity contribution in [2.45, 2.75) is 26.2 Å². The molecule has 0 aliphatic carbocycles. The molecule has 0 saturated heterocycles. The number of methoxy groups -OCH3 is 1. The molecule has 0 spiro atoms. The highest BCUT2D eigenvalue weighted by Crippen LogP contribution is 2.27. The van der Waals surface area contributed by atoms with E-state index in [2.05, 4.69) is 30.1 Å². The molecule has 0 N–H and O–H groups in total. The molecule has 0 radical (unpaired) electrons. The van der Waals surface area contributed by atoms with E-state index in [0.717, 1.165) is 17.9 Å². The van der Waals surface area contributed by atoms with E-state index in [0.29, 0.717) is 0 Å². The summed E-state index contributed by atoms with van der Waals surface area (Å²) in [7, 11) is 1.71. The second kappa shape index (κ2) is 6.20. The van der Waals surface area contributed by atoms with Crippen molar-refractivity contribution in [2.24, 2.45) is 0 Å².